The number of anilines is 1. The number of pyridine rings is 1. The lowest BCUT2D eigenvalue weighted by atomic mass is 10.1. The van der Waals surface area contributed by atoms with Gasteiger partial charge in [-0.3, -0.25) is 20.4 Å². The summed E-state index contributed by atoms with van der Waals surface area (Å²) in [6, 6.07) is 10.9. The first-order valence-electron chi connectivity index (χ1n) is 9.35. The Morgan fingerprint density at radius 3 is 2.46 bits per heavy atom. The highest BCUT2D eigenvalue weighted by Crippen LogP contribution is 2.24. The van der Waals surface area contributed by atoms with Gasteiger partial charge in [-0.2, -0.15) is 0 Å². The SMILES string of the molecule is CCCN(CC)c1ccc(C(=O)NNC(=O)c2oc3ccccc3c2C)cn1. The van der Waals surface area contributed by atoms with Crippen LogP contribution < -0.4 is 15.8 Å². The average Bonchev–Trinajstić information content (AvgIpc) is 3.07. The quantitative estimate of drug-likeness (QED) is 0.640. The van der Waals surface area contributed by atoms with Gasteiger partial charge < -0.3 is 9.32 Å². The van der Waals surface area contributed by atoms with Crippen LogP contribution >= 0.6 is 0 Å². The Hall–Kier alpha value is -3.35. The number of hydrazine groups is 1. The van der Waals surface area contributed by atoms with Crippen LogP contribution in [0.3, 0.4) is 0 Å². The molecule has 0 fully saturated rings. The number of fused-ring (bicyclic) bond motifs is 1. The Labute approximate surface area is 163 Å². The second-order valence-electron chi connectivity index (χ2n) is 6.45. The van der Waals surface area contributed by atoms with Crippen molar-refractivity contribution in [1.29, 1.82) is 0 Å². The van der Waals surface area contributed by atoms with E-state index in [9.17, 15) is 9.59 Å². The zero-order valence-corrected chi connectivity index (χ0v) is 16.3. The number of hydrogen-bond acceptors (Lipinski definition) is 5. The molecular weight excluding hydrogens is 356 g/mol. The zero-order chi connectivity index (χ0) is 20.1. The van der Waals surface area contributed by atoms with Crippen LogP contribution in [0.1, 0.15) is 46.7 Å². The summed E-state index contributed by atoms with van der Waals surface area (Å²) in [5.74, 6) is 0.0439. The van der Waals surface area contributed by atoms with Crippen molar-refractivity contribution in [3.63, 3.8) is 0 Å². The van der Waals surface area contributed by atoms with E-state index in [-0.39, 0.29) is 5.76 Å². The largest absolute Gasteiger partial charge is 0.451 e. The maximum atomic E-state index is 12.4. The fourth-order valence-electron chi connectivity index (χ4n) is 3.05. The van der Waals surface area contributed by atoms with Gasteiger partial charge in [-0.25, -0.2) is 4.98 Å². The molecule has 0 aliphatic heterocycles. The molecule has 0 saturated heterocycles. The van der Waals surface area contributed by atoms with Gasteiger partial charge in [-0.15, -0.1) is 0 Å². The van der Waals surface area contributed by atoms with Crippen molar-refractivity contribution in [2.75, 3.05) is 18.0 Å². The fourth-order valence-corrected chi connectivity index (χ4v) is 3.05. The van der Waals surface area contributed by atoms with Crippen LogP contribution in [-0.4, -0.2) is 29.9 Å². The molecule has 2 N–H and O–H groups in total. The van der Waals surface area contributed by atoms with Crippen molar-refractivity contribution in [1.82, 2.24) is 15.8 Å². The van der Waals surface area contributed by atoms with Crippen molar-refractivity contribution in [3.8, 4) is 0 Å². The van der Waals surface area contributed by atoms with E-state index in [1.165, 1.54) is 6.20 Å². The first kappa shape index (κ1) is 19.4. The Morgan fingerprint density at radius 2 is 1.82 bits per heavy atom. The number of carbonyl (C=O) groups excluding carboxylic acids is 2. The van der Waals surface area contributed by atoms with E-state index in [4.69, 9.17) is 4.42 Å². The number of para-hydroxylation sites is 1. The normalized spacial score (nSPS) is 10.7. The molecule has 0 saturated carbocycles. The Morgan fingerprint density at radius 1 is 1.07 bits per heavy atom. The third-order valence-electron chi connectivity index (χ3n) is 4.55. The highest BCUT2D eigenvalue weighted by atomic mass is 16.3. The fraction of sp³-hybridized carbons (Fsp3) is 0.286. The van der Waals surface area contributed by atoms with E-state index < -0.39 is 11.8 Å². The van der Waals surface area contributed by atoms with Gasteiger partial charge in [0, 0.05) is 30.2 Å². The lowest BCUT2D eigenvalue weighted by molar-refractivity contribution is 0.0831. The molecule has 2 amide bonds. The van der Waals surface area contributed by atoms with E-state index >= 15 is 0 Å². The van der Waals surface area contributed by atoms with Gasteiger partial charge in [0.2, 0.25) is 0 Å². The summed E-state index contributed by atoms with van der Waals surface area (Å²) in [6.45, 7) is 7.73. The molecule has 2 aromatic heterocycles. The highest BCUT2D eigenvalue weighted by molar-refractivity contribution is 6.01. The summed E-state index contributed by atoms with van der Waals surface area (Å²) in [4.78, 5) is 31.2. The molecule has 7 heteroatoms. The maximum Gasteiger partial charge on any atom is 0.305 e. The smallest absolute Gasteiger partial charge is 0.305 e. The lowest BCUT2D eigenvalue weighted by Crippen LogP contribution is -2.41. The van der Waals surface area contributed by atoms with Gasteiger partial charge in [0.15, 0.2) is 5.76 Å². The first-order chi connectivity index (χ1) is 13.5. The molecule has 0 bridgehead atoms. The van der Waals surface area contributed by atoms with Crippen molar-refractivity contribution in [3.05, 3.63) is 59.5 Å². The predicted molar refractivity (Wildman–Crippen MR) is 108 cm³/mol. The topological polar surface area (TPSA) is 87.5 Å². The highest BCUT2D eigenvalue weighted by Gasteiger charge is 2.18. The molecular formula is C21H24N4O3. The van der Waals surface area contributed by atoms with Gasteiger partial charge in [0.05, 0.1) is 5.56 Å². The molecule has 7 nitrogen and oxygen atoms in total. The molecule has 0 aliphatic rings. The number of carbonyl (C=O) groups is 2. The molecule has 28 heavy (non-hydrogen) atoms. The molecule has 0 radical (unpaired) electrons. The Kier molecular flexibility index (Phi) is 5.93. The minimum Gasteiger partial charge on any atom is -0.451 e. The average molecular weight is 380 g/mol. The second kappa shape index (κ2) is 8.56. The van der Waals surface area contributed by atoms with E-state index in [1.807, 2.05) is 18.2 Å². The summed E-state index contributed by atoms with van der Waals surface area (Å²) >= 11 is 0. The van der Waals surface area contributed by atoms with Crippen molar-refractivity contribution in [2.45, 2.75) is 27.2 Å². The minimum absolute atomic E-state index is 0.174. The van der Waals surface area contributed by atoms with Gasteiger partial charge >= 0.3 is 5.91 Å². The van der Waals surface area contributed by atoms with Gasteiger partial charge in [-0.1, -0.05) is 25.1 Å². The van der Waals surface area contributed by atoms with Crippen molar-refractivity contribution < 1.29 is 14.0 Å². The molecule has 0 unspecified atom stereocenters. The zero-order valence-electron chi connectivity index (χ0n) is 16.3. The van der Waals surface area contributed by atoms with Crippen LogP contribution in [-0.2, 0) is 0 Å². The lowest BCUT2D eigenvalue weighted by Gasteiger charge is -2.21. The number of benzene rings is 1. The summed E-state index contributed by atoms with van der Waals surface area (Å²) in [6.07, 6.45) is 2.52. The molecule has 1 aromatic carbocycles. The number of aryl methyl sites for hydroxylation is 1. The Bertz CT molecular complexity index is 979. The first-order valence-corrected chi connectivity index (χ1v) is 9.35. The van der Waals surface area contributed by atoms with Gasteiger partial charge in [0.1, 0.15) is 11.4 Å². The number of rotatable bonds is 6. The number of amides is 2. The van der Waals surface area contributed by atoms with E-state index in [0.29, 0.717) is 11.1 Å². The maximum absolute atomic E-state index is 12.4. The molecule has 146 valence electrons. The molecule has 2 heterocycles. The number of nitrogens with zero attached hydrogens (tertiary/aromatic N) is 2. The number of nitrogens with one attached hydrogen (secondary N) is 2. The monoisotopic (exact) mass is 380 g/mol. The summed E-state index contributed by atoms with van der Waals surface area (Å²) < 4.78 is 5.59. The minimum atomic E-state index is -0.508. The van der Waals surface area contributed by atoms with Crippen LogP contribution in [0.25, 0.3) is 11.0 Å². The molecule has 0 spiro atoms. The standard InChI is InChI=1S/C21H24N4O3/c1-4-12-25(5-2)18-11-10-15(13-22-18)20(26)23-24-21(27)19-14(3)16-8-6-7-9-17(16)28-19/h6-11,13H,4-5,12H2,1-3H3,(H,23,26)(H,24,27). The third-order valence-corrected chi connectivity index (χ3v) is 4.55. The molecule has 0 aliphatic carbocycles. The van der Waals surface area contributed by atoms with Gasteiger partial charge in [0.25, 0.3) is 5.91 Å². The molecule has 0 atom stereocenters. The van der Waals surface area contributed by atoms with Crippen LogP contribution in [0, 0.1) is 6.92 Å². The van der Waals surface area contributed by atoms with Crippen LogP contribution in [0.4, 0.5) is 5.82 Å². The summed E-state index contributed by atoms with van der Waals surface area (Å²) in [5, 5.41) is 0.867. The van der Waals surface area contributed by atoms with Crippen LogP contribution in [0.2, 0.25) is 0 Å². The predicted octanol–water partition coefficient (Wildman–Crippen LogP) is 3.45. The summed E-state index contributed by atoms with van der Waals surface area (Å²) in [5.41, 5.74) is 6.52. The number of hydrogen-bond donors (Lipinski definition) is 2. The van der Waals surface area contributed by atoms with E-state index in [2.05, 4.69) is 34.6 Å². The van der Waals surface area contributed by atoms with Crippen molar-refractivity contribution >= 4 is 28.6 Å². The second-order valence-corrected chi connectivity index (χ2v) is 6.45. The van der Waals surface area contributed by atoms with Crippen LogP contribution in [0.15, 0.2) is 47.0 Å². The van der Waals surface area contributed by atoms with Gasteiger partial charge in [-0.05, 0) is 38.5 Å². The third kappa shape index (κ3) is 3.98. The van der Waals surface area contributed by atoms with Crippen molar-refractivity contribution in [2.24, 2.45) is 0 Å². The Balaban J connectivity index is 1.64. The summed E-state index contributed by atoms with van der Waals surface area (Å²) in [7, 11) is 0. The van der Waals surface area contributed by atoms with E-state index in [0.717, 1.165) is 36.3 Å². The number of aromatic nitrogens is 1. The molecule has 3 aromatic rings. The molecule has 3 rings (SSSR count). The van der Waals surface area contributed by atoms with Crippen LogP contribution in [0.5, 0.6) is 0 Å². The number of furan rings is 1. The van der Waals surface area contributed by atoms with E-state index in [1.54, 1.807) is 25.1 Å².